The van der Waals surface area contributed by atoms with Crippen LogP contribution in [0.1, 0.15) is 10.4 Å². The lowest BCUT2D eigenvalue weighted by molar-refractivity contribution is -0.123. The number of nitrogens with one attached hydrogen (secondary N) is 1. The Hall–Kier alpha value is -2.24. The monoisotopic (exact) mass is 239 g/mol. The molecule has 1 aromatic carbocycles. The van der Waals surface area contributed by atoms with Crippen molar-refractivity contribution in [2.75, 3.05) is 20.8 Å². The summed E-state index contributed by atoms with van der Waals surface area (Å²) in [6.45, 7) is -0.388. The van der Waals surface area contributed by atoms with Crippen LogP contribution in [0.25, 0.3) is 0 Å². The van der Waals surface area contributed by atoms with E-state index in [-0.39, 0.29) is 17.9 Å². The van der Waals surface area contributed by atoms with Crippen LogP contribution in [-0.4, -0.2) is 37.7 Å². The van der Waals surface area contributed by atoms with Gasteiger partial charge in [0.2, 0.25) is 0 Å². The van der Waals surface area contributed by atoms with Gasteiger partial charge in [-0.3, -0.25) is 4.79 Å². The fourth-order valence-electron chi connectivity index (χ4n) is 1.09. The van der Waals surface area contributed by atoms with Gasteiger partial charge in [0.1, 0.15) is 17.1 Å². The molecule has 0 atom stereocenters. The van der Waals surface area contributed by atoms with Crippen LogP contribution < -0.4 is 10.1 Å². The molecule has 0 spiro atoms. The minimum absolute atomic E-state index is 0.0188. The molecule has 1 amide bonds. The van der Waals surface area contributed by atoms with Gasteiger partial charge >= 0.3 is 5.97 Å². The SMILES string of the molecule is CNC(=O)COC(=O)c1ccc(OC)cc1O. The summed E-state index contributed by atoms with van der Waals surface area (Å²) >= 11 is 0. The van der Waals surface area contributed by atoms with E-state index in [0.717, 1.165) is 0 Å². The van der Waals surface area contributed by atoms with Gasteiger partial charge in [0, 0.05) is 13.1 Å². The molecule has 0 aromatic heterocycles. The third-order valence-electron chi connectivity index (χ3n) is 2.04. The van der Waals surface area contributed by atoms with Gasteiger partial charge in [-0.1, -0.05) is 0 Å². The Morgan fingerprint density at radius 3 is 2.65 bits per heavy atom. The van der Waals surface area contributed by atoms with E-state index in [1.54, 1.807) is 0 Å². The third kappa shape index (κ3) is 3.37. The van der Waals surface area contributed by atoms with E-state index in [1.165, 1.54) is 32.4 Å². The highest BCUT2D eigenvalue weighted by molar-refractivity contribution is 5.94. The topological polar surface area (TPSA) is 84.9 Å². The number of carbonyl (C=O) groups is 2. The first-order chi connectivity index (χ1) is 8.08. The number of ether oxygens (including phenoxy) is 2. The third-order valence-corrected chi connectivity index (χ3v) is 2.04. The molecule has 0 aliphatic rings. The standard InChI is InChI=1S/C11H13NO5/c1-12-10(14)6-17-11(15)8-4-3-7(16-2)5-9(8)13/h3-5,13H,6H2,1-2H3,(H,12,14). The van der Waals surface area contributed by atoms with Crippen LogP contribution in [0.15, 0.2) is 18.2 Å². The first-order valence-corrected chi connectivity index (χ1v) is 4.83. The second-order valence-corrected chi connectivity index (χ2v) is 3.13. The quantitative estimate of drug-likeness (QED) is 0.738. The first-order valence-electron chi connectivity index (χ1n) is 4.83. The van der Waals surface area contributed by atoms with Gasteiger partial charge in [0.15, 0.2) is 6.61 Å². The second-order valence-electron chi connectivity index (χ2n) is 3.13. The normalized spacial score (nSPS) is 9.53. The molecule has 0 aliphatic heterocycles. The van der Waals surface area contributed by atoms with Crippen molar-refractivity contribution in [1.82, 2.24) is 5.32 Å². The van der Waals surface area contributed by atoms with Crippen molar-refractivity contribution in [3.05, 3.63) is 23.8 Å². The van der Waals surface area contributed by atoms with Crippen molar-refractivity contribution in [2.45, 2.75) is 0 Å². The zero-order chi connectivity index (χ0) is 12.8. The van der Waals surface area contributed by atoms with Crippen LogP contribution in [-0.2, 0) is 9.53 Å². The highest BCUT2D eigenvalue weighted by Crippen LogP contribution is 2.23. The number of amides is 1. The van der Waals surface area contributed by atoms with Gasteiger partial charge in [0.25, 0.3) is 5.91 Å². The summed E-state index contributed by atoms with van der Waals surface area (Å²) in [5.74, 6) is -1.03. The largest absolute Gasteiger partial charge is 0.507 e. The van der Waals surface area contributed by atoms with Gasteiger partial charge in [-0.15, -0.1) is 0 Å². The Labute approximate surface area is 98.2 Å². The van der Waals surface area contributed by atoms with Crippen LogP contribution in [0.2, 0.25) is 0 Å². The molecule has 92 valence electrons. The minimum atomic E-state index is -0.770. The number of hydrogen-bond donors (Lipinski definition) is 2. The zero-order valence-corrected chi connectivity index (χ0v) is 9.52. The summed E-state index contributed by atoms with van der Waals surface area (Å²) in [5.41, 5.74) is -0.0188. The summed E-state index contributed by atoms with van der Waals surface area (Å²) in [7, 11) is 2.87. The van der Waals surface area contributed by atoms with E-state index in [4.69, 9.17) is 4.74 Å². The van der Waals surface area contributed by atoms with Gasteiger partial charge in [-0.25, -0.2) is 4.79 Å². The van der Waals surface area contributed by atoms with Crippen LogP contribution >= 0.6 is 0 Å². The molecule has 17 heavy (non-hydrogen) atoms. The molecule has 0 saturated heterocycles. The molecule has 0 radical (unpaired) electrons. The lowest BCUT2D eigenvalue weighted by atomic mass is 10.2. The molecule has 0 fully saturated rings. The number of aromatic hydroxyl groups is 1. The predicted molar refractivity (Wildman–Crippen MR) is 59.0 cm³/mol. The summed E-state index contributed by atoms with van der Waals surface area (Å²) in [6.07, 6.45) is 0. The molecule has 0 bridgehead atoms. The molecule has 2 N–H and O–H groups in total. The lowest BCUT2D eigenvalue weighted by Crippen LogP contribution is -2.25. The fraction of sp³-hybridized carbons (Fsp3) is 0.273. The Balaban J connectivity index is 2.72. The summed E-state index contributed by atoms with van der Waals surface area (Å²) < 4.78 is 9.55. The highest BCUT2D eigenvalue weighted by atomic mass is 16.5. The summed E-state index contributed by atoms with van der Waals surface area (Å²) in [4.78, 5) is 22.3. The van der Waals surface area contributed by atoms with E-state index in [1.807, 2.05) is 0 Å². The number of carbonyl (C=O) groups excluding carboxylic acids is 2. The van der Waals surface area contributed by atoms with E-state index >= 15 is 0 Å². The molecule has 1 aromatic rings. The average Bonchev–Trinajstić information content (AvgIpc) is 2.35. The van der Waals surface area contributed by atoms with Gasteiger partial charge in [-0.2, -0.15) is 0 Å². The number of phenolic OH excluding ortho intramolecular Hbond substituents is 1. The van der Waals surface area contributed by atoms with Crippen molar-refractivity contribution in [3.8, 4) is 11.5 Å². The van der Waals surface area contributed by atoms with Crippen LogP contribution in [0.4, 0.5) is 0 Å². The molecule has 0 saturated carbocycles. The van der Waals surface area contributed by atoms with Gasteiger partial charge in [-0.05, 0) is 12.1 Å². The van der Waals surface area contributed by atoms with Crippen LogP contribution in [0.5, 0.6) is 11.5 Å². The predicted octanol–water partition coefficient (Wildman–Crippen LogP) is 0.304. The van der Waals surface area contributed by atoms with Gasteiger partial charge < -0.3 is 19.9 Å². The Bertz CT molecular complexity index is 430. The maximum atomic E-state index is 11.5. The number of rotatable bonds is 4. The molecule has 0 heterocycles. The second kappa shape index (κ2) is 5.74. The highest BCUT2D eigenvalue weighted by Gasteiger charge is 2.14. The minimum Gasteiger partial charge on any atom is -0.507 e. The average molecular weight is 239 g/mol. The molecule has 0 aliphatic carbocycles. The molecule has 0 unspecified atom stereocenters. The fourth-order valence-corrected chi connectivity index (χ4v) is 1.09. The molecular weight excluding hydrogens is 226 g/mol. The number of likely N-dealkylation sites (N-methyl/N-ethyl adjacent to an activating group) is 1. The Morgan fingerprint density at radius 2 is 2.12 bits per heavy atom. The van der Waals surface area contributed by atoms with Crippen molar-refractivity contribution in [3.63, 3.8) is 0 Å². The smallest absolute Gasteiger partial charge is 0.342 e. The van der Waals surface area contributed by atoms with E-state index in [2.05, 4.69) is 10.1 Å². The lowest BCUT2D eigenvalue weighted by Gasteiger charge is -2.06. The van der Waals surface area contributed by atoms with Crippen molar-refractivity contribution in [1.29, 1.82) is 0 Å². The van der Waals surface area contributed by atoms with E-state index in [0.29, 0.717) is 5.75 Å². The van der Waals surface area contributed by atoms with Crippen LogP contribution in [0, 0.1) is 0 Å². The maximum absolute atomic E-state index is 11.5. The first kappa shape index (κ1) is 12.8. The number of hydrogen-bond acceptors (Lipinski definition) is 5. The molecule has 6 heteroatoms. The number of phenols is 1. The summed E-state index contributed by atoms with van der Waals surface area (Å²) in [6, 6.07) is 4.16. The number of esters is 1. The van der Waals surface area contributed by atoms with E-state index < -0.39 is 11.9 Å². The summed E-state index contributed by atoms with van der Waals surface area (Å²) in [5, 5.41) is 11.8. The van der Waals surface area contributed by atoms with Crippen molar-refractivity contribution in [2.24, 2.45) is 0 Å². The zero-order valence-electron chi connectivity index (χ0n) is 9.52. The molecule has 6 nitrogen and oxygen atoms in total. The van der Waals surface area contributed by atoms with E-state index in [9.17, 15) is 14.7 Å². The van der Waals surface area contributed by atoms with Crippen LogP contribution in [0.3, 0.4) is 0 Å². The maximum Gasteiger partial charge on any atom is 0.342 e. The Morgan fingerprint density at radius 1 is 1.41 bits per heavy atom. The number of methoxy groups -OCH3 is 1. The number of benzene rings is 1. The van der Waals surface area contributed by atoms with Crippen molar-refractivity contribution < 1.29 is 24.2 Å². The Kier molecular flexibility index (Phi) is 4.33. The van der Waals surface area contributed by atoms with Gasteiger partial charge in [0.05, 0.1) is 7.11 Å². The van der Waals surface area contributed by atoms with Crippen molar-refractivity contribution >= 4 is 11.9 Å². The molecule has 1 rings (SSSR count). The molecular formula is C11H13NO5.